The summed E-state index contributed by atoms with van der Waals surface area (Å²) in [6.07, 6.45) is 13.0. The van der Waals surface area contributed by atoms with E-state index in [1.54, 1.807) is 18.3 Å². The summed E-state index contributed by atoms with van der Waals surface area (Å²) in [4.78, 5) is 63.9. The van der Waals surface area contributed by atoms with Crippen LogP contribution < -0.4 is 5.32 Å². The van der Waals surface area contributed by atoms with Crippen molar-refractivity contribution < 1.29 is 44.4 Å². The van der Waals surface area contributed by atoms with Gasteiger partial charge in [-0.25, -0.2) is 9.59 Å². The molecule has 2 aromatic rings. The Kier molecular flexibility index (Phi) is 15.3. The number of carboxylic acids is 3. The van der Waals surface area contributed by atoms with Gasteiger partial charge in [-0.15, -0.1) is 0 Å². The number of Topliss-reactive ketones (excluding diaryl/α,β-unsaturated/α-hetero) is 1. The van der Waals surface area contributed by atoms with Crippen LogP contribution in [-0.4, -0.2) is 66.7 Å². The number of amides is 1. The molecule has 0 saturated heterocycles. The van der Waals surface area contributed by atoms with E-state index in [4.69, 9.17) is 0 Å². The third kappa shape index (κ3) is 11.6. The van der Waals surface area contributed by atoms with Crippen LogP contribution in [0.4, 0.5) is 0 Å². The van der Waals surface area contributed by atoms with Gasteiger partial charge in [-0.1, -0.05) is 75.8 Å². The second-order valence-electron chi connectivity index (χ2n) is 11.3. The number of rotatable bonds is 23. The van der Waals surface area contributed by atoms with E-state index in [2.05, 4.69) is 17.2 Å². The van der Waals surface area contributed by atoms with E-state index in [-0.39, 0.29) is 12.2 Å². The van der Waals surface area contributed by atoms with E-state index in [1.807, 2.05) is 12.1 Å². The van der Waals surface area contributed by atoms with Crippen LogP contribution in [0.3, 0.4) is 0 Å². The fraction of sp³-hybridized carbons (Fsp3) is 0.545. The minimum atomic E-state index is -3.01. The number of allylic oxidation sites excluding steroid dienone is 1. The molecule has 11 nitrogen and oxygen atoms in total. The molecule has 0 aliphatic rings. The van der Waals surface area contributed by atoms with Gasteiger partial charge in [-0.2, -0.15) is 0 Å². The third-order valence-corrected chi connectivity index (χ3v) is 7.77. The summed E-state index contributed by atoms with van der Waals surface area (Å²) in [5.41, 5.74) is -1.63. The number of benzene rings is 1. The number of H-pyrrole nitrogens is 1. The zero-order valence-corrected chi connectivity index (χ0v) is 25.4. The molecular formula is C33H46N2O9. The number of aromatic amines is 1. The Hall–Kier alpha value is -3.99. The van der Waals surface area contributed by atoms with E-state index in [1.165, 1.54) is 12.5 Å². The number of ketones is 1. The number of unbranched alkanes of at least 4 members (excludes halogenated alkanes) is 8. The smallest absolute Gasteiger partial charge is 0.337 e. The van der Waals surface area contributed by atoms with E-state index in [9.17, 15) is 44.4 Å². The molecule has 0 fully saturated rings. The number of nitrogens with one attached hydrogen (secondary N) is 2. The molecule has 0 spiro atoms. The van der Waals surface area contributed by atoms with Crippen molar-refractivity contribution in [3.8, 4) is 0 Å². The van der Waals surface area contributed by atoms with Crippen molar-refractivity contribution in [2.75, 3.05) is 0 Å². The topological polar surface area (TPSA) is 194 Å². The summed E-state index contributed by atoms with van der Waals surface area (Å²) < 4.78 is 0. The molecule has 1 aromatic carbocycles. The molecule has 1 aromatic heterocycles. The predicted molar refractivity (Wildman–Crippen MR) is 165 cm³/mol. The molecule has 3 atom stereocenters. The number of carbonyl (C=O) groups is 5. The highest BCUT2D eigenvalue weighted by atomic mass is 16.4. The van der Waals surface area contributed by atoms with Gasteiger partial charge in [0.05, 0.1) is 12.3 Å². The Morgan fingerprint density at radius 1 is 0.909 bits per heavy atom. The number of carboxylic acid groups (broad SMARTS) is 3. The van der Waals surface area contributed by atoms with Crippen molar-refractivity contribution in [2.45, 2.75) is 108 Å². The van der Waals surface area contributed by atoms with Crippen LogP contribution in [0.1, 0.15) is 96.0 Å². The van der Waals surface area contributed by atoms with Gasteiger partial charge in [-0.3, -0.25) is 14.4 Å². The minimum Gasteiger partial charge on any atom is -0.481 e. The molecule has 242 valence electrons. The van der Waals surface area contributed by atoms with Crippen LogP contribution >= 0.6 is 0 Å². The number of aliphatic carboxylic acids is 3. The zero-order chi connectivity index (χ0) is 32.5. The van der Waals surface area contributed by atoms with Crippen LogP contribution in [-0.2, 0) is 30.4 Å². The lowest BCUT2D eigenvalue weighted by Gasteiger charge is -2.29. The van der Waals surface area contributed by atoms with Gasteiger partial charge in [-0.05, 0) is 37.3 Å². The highest BCUT2D eigenvalue weighted by Gasteiger charge is 2.49. The first kappa shape index (κ1) is 36.2. The van der Waals surface area contributed by atoms with Gasteiger partial charge in [0.25, 0.3) is 0 Å². The molecule has 6 N–H and O–H groups in total. The maximum atomic E-state index is 13.3. The Morgan fingerprint density at radius 3 is 2.16 bits per heavy atom. The summed E-state index contributed by atoms with van der Waals surface area (Å²) in [5, 5.41) is 42.8. The van der Waals surface area contributed by atoms with Crippen molar-refractivity contribution in [3.63, 3.8) is 0 Å². The summed E-state index contributed by atoms with van der Waals surface area (Å²) >= 11 is 0. The lowest BCUT2D eigenvalue weighted by Crippen LogP contribution is -2.55. The summed E-state index contributed by atoms with van der Waals surface area (Å²) in [7, 11) is 0. The first-order valence-electron chi connectivity index (χ1n) is 15.4. The van der Waals surface area contributed by atoms with Gasteiger partial charge in [0, 0.05) is 36.4 Å². The van der Waals surface area contributed by atoms with Gasteiger partial charge < -0.3 is 30.7 Å². The molecule has 2 rings (SSSR count). The van der Waals surface area contributed by atoms with Crippen molar-refractivity contribution in [3.05, 3.63) is 48.2 Å². The minimum absolute atomic E-state index is 0.132. The SMILES string of the molecule is CCCCCCCC(=O)CCCCCC/C=C/[C@H](C(=O)N[C@@H](Cc1c[nH]c2ccccc12)C(=O)O)[C@@](O)(CC(=O)O)C(=O)O. The first-order chi connectivity index (χ1) is 21.0. The largest absolute Gasteiger partial charge is 0.481 e. The molecule has 0 aliphatic heterocycles. The lowest BCUT2D eigenvalue weighted by atomic mass is 9.82. The van der Waals surface area contributed by atoms with Crippen LogP contribution in [0.25, 0.3) is 10.9 Å². The third-order valence-electron chi connectivity index (χ3n) is 7.77. The van der Waals surface area contributed by atoms with E-state index < -0.39 is 47.8 Å². The molecule has 0 bridgehead atoms. The van der Waals surface area contributed by atoms with Gasteiger partial charge >= 0.3 is 17.9 Å². The normalized spacial score (nSPS) is 14.2. The molecule has 0 saturated carbocycles. The molecule has 0 aliphatic carbocycles. The van der Waals surface area contributed by atoms with Crippen molar-refractivity contribution in [1.29, 1.82) is 0 Å². The van der Waals surface area contributed by atoms with Gasteiger partial charge in [0.1, 0.15) is 11.8 Å². The zero-order valence-electron chi connectivity index (χ0n) is 25.4. The van der Waals surface area contributed by atoms with Crippen molar-refractivity contribution >= 4 is 40.5 Å². The molecule has 44 heavy (non-hydrogen) atoms. The van der Waals surface area contributed by atoms with Crippen LogP contribution in [0, 0.1) is 5.92 Å². The molecule has 0 unspecified atom stereocenters. The number of hydrogen-bond acceptors (Lipinski definition) is 6. The maximum absolute atomic E-state index is 13.3. The highest BCUT2D eigenvalue weighted by Crippen LogP contribution is 2.26. The summed E-state index contributed by atoms with van der Waals surface area (Å²) in [6, 6.07) is 5.71. The number of aliphatic hydroxyl groups is 1. The monoisotopic (exact) mass is 614 g/mol. The van der Waals surface area contributed by atoms with E-state index in [0.29, 0.717) is 31.2 Å². The van der Waals surface area contributed by atoms with Crippen molar-refractivity contribution in [2.24, 2.45) is 5.92 Å². The predicted octanol–water partition coefficient (Wildman–Crippen LogP) is 5.01. The fourth-order valence-electron chi connectivity index (χ4n) is 5.22. The maximum Gasteiger partial charge on any atom is 0.337 e. The Labute approximate surface area is 257 Å². The summed E-state index contributed by atoms with van der Waals surface area (Å²) in [5.74, 6) is -7.64. The molecule has 0 radical (unpaired) electrons. The molecular weight excluding hydrogens is 568 g/mol. The number of aromatic nitrogens is 1. The Balaban J connectivity index is 2.00. The van der Waals surface area contributed by atoms with Gasteiger partial charge in [0.15, 0.2) is 5.60 Å². The van der Waals surface area contributed by atoms with Crippen LogP contribution in [0.5, 0.6) is 0 Å². The van der Waals surface area contributed by atoms with E-state index >= 15 is 0 Å². The standard InChI is InChI=1S/C33H46N2O9/c1-2-3-4-7-10-15-24(36)16-11-8-5-6-9-12-18-26(33(44,32(42)43)21-29(37)38)30(39)35-28(31(40)41)20-23-22-34-27-19-14-13-17-25(23)27/h12-14,17-19,22,26,28,34,44H,2-11,15-16,20-21H2,1H3,(H,35,39)(H,37,38)(H,40,41)(H,42,43)/b18-12+/t26-,28+,33+/m1/s1. The van der Waals surface area contributed by atoms with Crippen LogP contribution in [0.15, 0.2) is 42.6 Å². The molecule has 1 amide bonds. The fourth-order valence-corrected chi connectivity index (χ4v) is 5.22. The number of para-hydroxylation sites is 1. The molecule has 1 heterocycles. The second kappa shape index (κ2) is 18.6. The lowest BCUT2D eigenvalue weighted by molar-refractivity contribution is -0.172. The number of fused-ring (bicyclic) bond motifs is 1. The Bertz CT molecular complexity index is 1290. The van der Waals surface area contributed by atoms with Crippen LogP contribution in [0.2, 0.25) is 0 Å². The second-order valence-corrected chi connectivity index (χ2v) is 11.3. The van der Waals surface area contributed by atoms with Gasteiger partial charge in [0.2, 0.25) is 5.91 Å². The number of hydrogen-bond donors (Lipinski definition) is 6. The highest BCUT2D eigenvalue weighted by molar-refractivity contribution is 5.95. The molecule has 11 heteroatoms. The average molecular weight is 615 g/mol. The quantitative estimate of drug-likeness (QED) is 0.0736. The first-order valence-corrected chi connectivity index (χ1v) is 15.4. The van der Waals surface area contributed by atoms with E-state index in [0.717, 1.165) is 61.9 Å². The Morgan fingerprint density at radius 2 is 1.55 bits per heavy atom. The average Bonchev–Trinajstić information content (AvgIpc) is 3.37. The number of carbonyl (C=O) groups excluding carboxylic acids is 2. The summed E-state index contributed by atoms with van der Waals surface area (Å²) in [6.45, 7) is 2.15. The van der Waals surface area contributed by atoms with Crippen molar-refractivity contribution in [1.82, 2.24) is 10.3 Å².